The summed E-state index contributed by atoms with van der Waals surface area (Å²) in [4.78, 5) is 44.5. The Balaban J connectivity index is 1.38. The summed E-state index contributed by atoms with van der Waals surface area (Å²) in [6.45, 7) is 9.00. The molecule has 7 heteroatoms. The van der Waals surface area contributed by atoms with Gasteiger partial charge in [-0.25, -0.2) is 0 Å². The van der Waals surface area contributed by atoms with Crippen molar-refractivity contribution in [1.29, 1.82) is 0 Å². The predicted molar refractivity (Wildman–Crippen MR) is 129 cm³/mol. The molecule has 2 aromatic rings. The Morgan fingerprint density at radius 1 is 1.00 bits per heavy atom. The molecule has 2 aliphatic heterocycles. The first-order valence-corrected chi connectivity index (χ1v) is 11.7. The summed E-state index contributed by atoms with van der Waals surface area (Å²) < 4.78 is 0. The van der Waals surface area contributed by atoms with Crippen LogP contribution < -0.4 is 10.2 Å². The zero-order chi connectivity index (χ0) is 23.4. The highest BCUT2D eigenvalue weighted by Gasteiger charge is 2.38. The van der Waals surface area contributed by atoms with E-state index in [1.165, 1.54) is 0 Å². The minimum atomic E-state index is -0.337. The highest BCUT2D eigenvalue weighted by atomic mass is 16.2. The van der Waals surface area contributed by atoms with Gasteiger partial charge < -0.3 is 15.1 Å². The van der Waals surface area contributed by atoms with Crippen LogP contribution in [-0.2, 0) is 9.59 Å². The molecule has 0 unspecified atom stereocenters. The summed E-state index contributed by atoms with van der Waals surface area (Å²) in [5.41, 5.74) is 1.84. The maximum atomic E-state index is 13.1. The van der Waals surface area contributed by atoms with Crippen molar-refractivity contribution in [2.75, 3.05) is 49.5 Å². The fourth-order valence-corrected chi connectivity index (χ4v) is 4.59. The number of para-hydroxylation sites is 1. The van der Waals surface area contributed by atoms with E-state index in [0.717, 1.165) is 19.6 Å². The van der Waals surface area contributed by atoms with Crippen LogP contribution in [0.15, 0.2) is 54.6 Å². The first-order chi connectivity index (χ1) is 15.9. The molecule has 0 bridgehead atoms. The summed E-state index contributed by atoms with van der Waals surface area (Å²) in [7, 11) is 0. The molecule has 1 N–H and O–H groups in total. The molecular weight excluding hydrogens is 416 g/mol. The third-order valence-electron chi connectivity index (χ3n) is 6.23. The Labute approximate surface area is 195 Å². The minimum Gasteiger partial charge on any atom is -0.340 e. The van der Waals surface area contributed by atoms with Crippen LogP contribution in [0.4, 0.5) is 11.4 Å². The SMILES string of the molecule is CC(C)CN1CCN(C(=O)[C@H]2CC(=O)N(c3cccc(C(=O)Nc4ccccc4)c3)C2)CC1. The molecule has 2 saturated heterocycles. The van der Waals surface area contributed by atoms with Gasteiger partial charge in [0, 0.05) is 62.6 Å². The maximum absolute atomic E-state index is 13.1. The molecular formula is C26H32N4O3. The molecule has 2 aliphatic rings. The normalized spacial score (nSPS) is 19.2. The summed E-state index contributed by atoms with van der Waals surface area (Å²) in [5.74, 6) is 0.0248. The summed E-state index contributed by atoms with van der Waals surface area (Å²) in [5, 5.41) is 2.87. The predicted octanol–water partition coefficient (Wildman–Crippen LogP) is 3.09. The second-order valence-electron chi connectivity index (χ2n) is 9.30. The number of hydrogen-bond donors (Lipinski definition) is 1. The summed E-state index contributed by atoms with van der Waals surface area (Å²) >= 11 is 0. The summed E-state index contributed by atoms with van der Waals surface area (Å²) in [6.07, 6.45) is 0.214. The molecule has 2 fully saturated rings. The second-order valence-corrected chi connectivity index (χ2v) is 9.30. The highest BCUT2D eigenvalue weighted by Crippen LogP contribution is 2.27. The zero-order valence-electron chi connectivity index (χ0n) is 19.4. The van der Waals surface area contributed by atoms with Gasteiger partial charge in [-0.3, -0.25) is 19.3 Å². The molecule has 0 aromatic heterocycles. The van der Waals surface area contributed by atoms with Gasteiger partial charge in [-0.2, -0.15) is 0 Å². The number of anilines is 2. The Morgan fingerprint density at radius 3 is 2.42 bits per heavy atom. The van der Waals surface area contributed by atoms with E-state index in [2.05, 4.69) is 24.1 Å². The van der Waals surface area contributed by atoms with Gasteiger partial charge in [-0.15, -0.1) is 0 Å². The van der Waals surface area contributed by atoms with Crippen LogP contribution in [0.5, 0.6) is 0 Å². The maximum Gasteiger partial charge on any atom is 0.255 e. The first-order valence-electron chi connectivity index (χ1n) is 11.7. The van der Waals surface area contributed by atoms with E-state index >= 15 is 0 Å². The third-order valence-corrected chi connectivity index (χ3v) is 6.23. The number of benzene rings is 2. The fourth-order valence-electron chi connectivity index (χ4n) is 4.59. The first kappa shape index (κ1) is 23.0. The van der Waals surface area contributed by atoms with Crippen LogP contribution in [-0.4, -0.2) is 66.8 Å². The average molecular weight is 449 g/mol. The van der Waals surface area contributed by atoms with E-state index in [9.17, 15) is 14.4 Å². The number of carbonyl (C=O) groups is 3. The lowest BCUT2D eigenvalue weighted by Gasteiger charge is -2.36. The van der Waals surface area contributed by atoms with E-state index in [4.69, 9.17) is 0 Å². The quantitative estimate of drug-likeness (QED) is 0.737. The molecule has 1 atom stereocenters. The molecule has 174 valence electrons. The van der Waals surface area contributed by atoms with Crippen LogP contribution in [0, 0.1) is 11.8 Å². The Hall–Kier alpha value is -3.19. The van der Waals surface area contributed by atoms with Gasteiger partial charge >= 0.3 is 0 Å². The standard InChI is InChI=1S/C26H32N4O3/c1-19(2)17-28-11-13-29(14-12-28)26(33)21-16-24(31)30(18-21)23-10-6-7-20(15-23)25(32)27-22-8-4-3-5-9-22/h3-10,15,19,21H,11-14,16-18H2,1-2H3,(H,27,32)/t21-/m0/s1. The second kappa shape index (κ2) is 10.2. The lowest BCUT2D eigenvalue weighted by Crippen LogP contribution is -2.51. The number of piperazine rings is 1. The van der Waals surface area contributed by atoms with Crippen molar-refractivity contribution >= 4 is 29.1 Å². The molecule has 0 aliphatic carbocycles. The average Bonchev–Trinajstić information content (AvgIpc) is 3.21. The van der Waals surface area contributed by atoms with Crippen molar-refractivity contribution in [3.8, 4) is 0 Å². The highest BCUT2D eigenvalue weighted by molar-refractivity contribution is 6.06. The number of nitrogens with zero attached hydrogens (tertiary/aromatic N) is 3. The smallest absolute Gasteiger partial charge is 0.255 e. The van der Waals surface area contributed by atoms with Crippen LogP contribution in [0.25, 0.3) is 0 Å². The number of hydrogen-bond acceptors (Lipinski definition) is 4. The zero-order valence-corrected chi connectivity index (χ0v) is 19.4. The number of nitrogens with one attached hydrogen (secondary N) is 1. The van der Waals surface area contributed by atoms with Crippen molar-refractivity contribution in [2.45, 2.75) is 20.3 Å². The Morgan fingerprint density at radius 2 is 1.73 bits per heavy atom. The molecule has 7 nitrogen and oxygen atoms in total. The lowest BCUT2D eigenvalue weighted by atomic mass is 10.1. The number of carbonyl (C=O) groups excluding carboxylic acids is 3. The van der Waals surface area contributed by atoms with Crippen molar-refractivity contribution < 1.29 is 14.4 Å². The van der Waals surface area contributed by atoms with Gasteiger partial charge in [-0.1, -0.05) is 38.1 Å². The van der Waals surface area contributed by atoms with E-state index in [1.807, 2.05) is 41.3 Å². The number of rotatable bonds is 6. The van der Waals surface area contributed by atoms with Gasteiger partial charge in [0.05, 0.1) is 5.92 Å². The monoisotopic (exact) mass is 448 g/mol. The minimum absolute atomic E-state index is 0.0630. The largest absolute Gasteiger partial charge is 0.340 e. The lowest BCUT2D eigenvalue weighted by molar-refractivity contribution is -0.137. The van der Waals surface area contributed by atoms with Gasteiger partial charge in [0.2, 0.25) is 11.8 Å². The Kier molecular flexibility index (Phi) is 7.08. The van der Waals surface area contributed by atoms with Crippen LogP contribution in [0.2, 0.25) is 0 Å². The molecule has 33 heavy (non-hydrogen) atoms. The molecule has 4 rings (SSSR count). The van der Waals surface area contributed by atoms with Gasteiger partial charge in [0.25, 0.3) is 5.91 Å². The van der Waals surface area contributed by atoms with Crippen molar-refractivity contribution in [3.05, 3.63) is 60.2 Å². The van der Waals surface area contributed by atoms with Crippen molar-refractivity contribution in [1.82, 2.24) is 9.80 Å². The van der Waals surface area contributed by atoms with Gasteiger partial charge in [-0.05, 0) is 36.2 Å². The summed E-state index contributed by atoms with van der Waals surface area (Å²) in [6, 6.07) is 16.3. The van der Waals surface area contributed by atoms with Crippen LogP contribution >= 0.6 is 0 Å². The molecule has 0 radical (unpaired) electrons. The molecule has 0 saturated carbocycles. The Bertz CT molecular complexity index is 1000. The van der Waals surface area contributed by atoms with E-state index in [1.54, 1.807) is 23.1 Å². The van der Waals surface area contributed by atoms with E-state index < -0.39 is 0 Å². The van der Waals surface area contributed by atoms with Gasteiger partial charge in [0.1, 0.15) is 0 Å². The van der Waals surface area contributed by atoms with Gasteiger partial charge in [0.15, 0.2) is 0 Å². The molecule has 3 amide bonds. The topological polar surface area (TPSA) is 73.0 Å². The number of amides is 3. The molecule has 2 heterocycles. The van der Waals surface area contributed by atoms with Crippen molar-refractivity contribution in [3.63, 3.8) is 0 Å². The van der Waals surface area contributed by atoms with Crippen LogP contribution in [0.1, 0.15) is 30.6 Å². The van der Waals surface area contributed by atoms with Crippen molar-refractivity contribution in [2.24, 2.45) is 11.8 Å². The fraction of sp³-hybridized carbons (Fsp3) is 0.423. The van der Waals surface area contributed by atoms with E-state index in [-0.39, 0.29) is 30.1 Å². The third kappa shape index (κ3) is 5.60. The van der Waals surface area contributed by atoms with E-state index in [0.29, 0.717) is 42.5 Å². The van der Waals surface area contributed by atoms with Crippen LogP contribution in [0.3, 0.4) is 0 Å². The molecule has 2 aromatic carbocycles. The molecule has 0 spiro atoms.